The monoisotopic (exact) mass is 1580 g/mol. The van der Waals surface area contributed by atoms with Gasteiger partial charge < -0.3 is 39.4 Å². The molecule has 0 radical (unpaired) electrons. The van der Waals surface area contributed by atoms with Crippen LogP contribution in [0.25, 0.3) is 0 Å². The number of hydrogen-bond donors (Lipinski definition) is 2. The number of benzene rings is 1. The average Bonchev–Trinajstić information content (AvgIpc) is 0.863. The van der Waals surface area contributed by atoms with E-state index in [0.717, 1.165) is 258 Å². The molecule has 1 rings (SSSR count). The zero-order valence-electron chi connectivity index (χ0n) is 74.9. The molecule has 0 bridgehead atoms. The summed E-state index contributed by atoms with van der Waals surface area (Å²) in [7, 11) is 0. The third-order valence-electron chi connectivity index (χ3n) is 23.3. The fraction of sp³-hybridized carbons (Fsp3) is 0.878. The highest BCUT2D eigenvalue weighted by Gasteiger charge is 2.23. The smallest absolute Gasteiger partial charge is 0.308 e. The summed E-state index contributed by atoms with van der Waals surface area (Å²) in [4.78, 5) is 84.4. The summed E-state index contributed by atoms with van der Waals surface area (Å²) < 4.78 is 23.3. The molecule has 4 atom stereocenters. The Morgan fingerprint density at radius 3 is 0.679 bits per heavy atom. The highest BCUT2D eigenvalue weighted by Crippen LogP contribution is 2.25. The number of carbonyl (C=O) groups excluding carboxylic acids is 6. The number of nitrogens with zero attached hydrogens (tertiary/aromatic N) is 2. The molecule has 14 nitrogen and oxygen atoms in total. The van der Waals surface area contributed by atoms with Crippen LogP contribution >= 0.6 is 0 Å². The van der Waals surface area contributed by atoms with Gasteiger partial charge in [-0.25, -0.2) is 0 Å². The first kappa shape index (κ1) is 106. The Hall–Kier alpha value is -4.04. The topological polar surface area (TPSA) is 170 Å². The van der Waals surface area contributed by atoms with Gasteiger partial charge in [0.25, 0.3) is 11.8 Å². The third-order valence-corrected chi connectivity index (χ3v) is 23.3. The highest BCUT2D eigenvalue weighted by atomic mass is 16.5. The van der Waals surface area contributed by atoms with Crippen molar-refractivity contribution in [3.05, 3.63) is 35.4 Å². The van der Waals surface area contributed by atoms with Gasteiger partial charge in [-0.15, -0.1) is 0 Å². The van der Waals surface area contributed by atoms with Crippen LogP contribution < -0.4 is 10.6 Å². The molecule has 0 saturated heterocycles. The maximum absolute atomic E-state index is 13.7. The normalized spacial score (nSPS) is 12.7. The van der Waals surface area contributed by atoms with Gasteiger partial charge in [-0.05, 0) is 173 Å². The molecule has 112 heavy (non-hydrogen) atoms. The molecule has 0 aliphatic rings. The Morgan fingerprint density at radius 1 is 0.250 bits per heavy atom. The van der Waals surface area contributed by atoms with Gasteiger partial charge in [0.1, 0.15) is 0 Å². The van der Waals surface area contributed by atoms with Crippen LogP contribution in [0.1, 0.15) is 474 Å². The molecule has 4 unspecified atom stereocenters. The highest BCUT2D eigenvalue weighted by molar-refractivity contribution is 5.99. The fourth-order valence-electron chi connectivity index (χ4n) is 15.7. The van der Waals surface area contributed by atoms with Gasteiger partial charge in [0, 0.05) is 24.2 Å². The van der Waals surface area contributed by atoms with Crippen LogP contribution in [0.3, 0.4) is 0 Å². The van der Waals surface area contributed by atoms with Crippen LogP contribution in [0.4, 0.5) is 0 Å². The van der Waals surface area contributed by atoms with Crippen molar-refractivity contribution in [2.75, 3.05) is 78.8 Å². The molecular weight excluding hydrogens is 1390 g/mol. The van der Waals surface area contributed by atoms with Gasteiger partial charge in [-0.1, -0.05) is 344 Å². The Bertz CT molecular complexity index is 2040. The summed E-state index contributed by atoms with van der Waals surface area (Å²) in [5.41, 5.74) is 1.01. The van der Waals surface area contributed by atoms with E-state index in [1.54, 1.807) is 18.2 Å². The lowest BCUT2D eigenvalue weighted by molar-refractivity contribution is -0.150. The molecule has 14 heteroatoms. The summed E-state index contributed by atoms with van der Waals surface area (Å²) in [6.07, 6.45) is 69.3. The number of rotatable bonds is 86. The lowest BCUT2D eigenvalue weighted by Crippen LogP contribution is -2.32. The van der Waals surface area contributed by atoms with E-state index in [0.29, 0.717) is 50.6 Å². The minimum absolute atomic E-state index is 0.0277. The predicted molar refractivity (Wildman–Crippen MR) is 473 cm³/mol. The molecule has 0 spiro atoms. The van der Waals surface area contributed by atoms with Gasteiger partial charge in [0.05, 0.1) is 50.1 Å². The van der Waals surface area contributed by atoms with Crippen molar-refractivity contribution in [3.8, 4) is 0 Å². The van der Waals surface area contributed by atoms with Crippen molar-refractivity contribution >= 4 is 35.7 Å². The van der Waals surface area contributed by atoms with Crippen molar-refractivity contribution < 1.29 is 47.7 Å². The third kappa shape index (κ3) is 63.1. The zero-order valence-corrected chi connectivity index (χ0v) is 74.9. The summed E-state index contributed by atoms with van der Waals surface area (Å²) in [5, 5.41) is 6.37. The zero-order chi connectivity index (χ0) is 81.5. The number of ether oxygens (including phenoxy) is 4. The van der Waals surface area contributed by atoms with E-state index < -0.39 is 0 Å². The van der Waals surface area contributed by atoms with Gasteiger partial charge in [-0.3, -0.25) is 28.8 Å². The summed E-state index contributed by atoms with van der Waals surface area (Å²) in [6, 6.07) is 7.17. The van der Waals surface area contributed by atoms with Gasteiger partial charge in [-0.2, -0.15) is 0 Å². The summed E-state index contributed by atoms with van der Waals surface area (Å²) >= 11 is 0. The van der Waals surface area contributed by atoms with Crippen LogP contribution in [0, 0.1) is 23.7 Å². The summed E-state index contributed by atoms with van der Waals surface area (Å²) in [6.45, 7) is 27.1. The molecule has 0 aromatic heterocycles. The van der Waals surface area contributed by atoms with E-state index in [2.05, 4.69) is 75.8 Å². The molecule has 2 amide bonds. The lowest BCUT2D eigenvalue weighted by atomic mass is 9.95. The Morgan fingerprint density at radius 2 is 0.446 bits per heavy atom. The molecule has 0 saturated carbocycles. The van der Waals surface area contributed by atoms with E-state index >= 15 is 0 Å². The quantitative estimate of drug-likeness (QED) is 0.0360. The number of hydrogen-bond acceptors (Lipinski definition) is 12. The Kier molecular flexibility index (Phi) is 76.4. The molecule has 0 aliphatic heterocycles. The Balaban J connectivity index is 2.80. The minimum atomic E-state index is -0.148. The van der Waals surface area contributed by atoms with Crippen LogP contribution in [0.15, 0.2) is 24.3 Å². The number of esters is 4. The first-order valence-corrected chi connectivity index (χ1v) is 48.7. The maximum atomic E-state index is 13.7. The second-order valence-corrected chi connectivity index (χ2v) is 33.8. The molecule has 0 aliphatic carbocycles. The maximum Gasteiger partial charge on any atom is 0.308 e. The molecular formula is C98H182N4O10. The molecule has 0 fully saturated rings. The van der Waals surface area contributed by atoms with E-state index in [1.165, 1.54) is 180 Å². The first-order chi connectivity index (χ1) is 54.9. The number of amides is 2. The molecule has 1 aromatic rings. The lowest BCUT2D eigenvalue weighted by Gasteiger charge is -2.22. The van der Waals surface area contributed by atoms with Crippen molar-refractivity contribution in [2.24, 2.45) is 23.7 Å². The van der Waals surface area contributed by atoms with E-state index in [9.17, 15) is 28.8 Å². The molecule has 654 valence electrons. The van der Waals surface area contributed by atoms with Gasteiger partial charge in [0.15, 0.2) is 0 Å². The van der Waals surface area contributed by atoms with Crippen LogP contribution in [0.5, 0.6) is 0 Å². The second kappa shape index (κ2) is 80.7. The van der Waals surface area contributed by atoms with Gasteiger partial charge in [0.2, 0.25) is 0 Å². The van der Waals surface area contributed by atoms with Crippen LogP contribution in [-0.4, -0.2) is 124 Å². The van der Waals surface area contributed by atoms with Crippen molar-refractivity contribution in [1.29, 1.82) is 0 Å². The largest absolute Gasteiger partial charge is 0.465 e. The molecule has 0 heterocycles. The predicted octanol–water partition coefficient (Wildman–Crippen LogP) is 26.7. The standard InChI is InChI=1S/C98H182N4O10/c1-9-17-25-49-68-87(64-21-13-5)95(105)109-82-57-45-37-29-33-41-53-76-101(77-54-42-34-30-38-46-58-83-110-96(106)88(65-22-14-6)69-50-26-18-10-2)80-62-74-99-93(103)91-72-61-73-92(86-91)94(104)100-75-63-81-102(78-55-43-35-31-39-47-59-84-111-97(107)89(66-23-15-7)70-51-27-19-11-3)79-56-44-36-32-40-48-60-85-112-98(108)90(67-24-16-8)71-52-28-20-12-4/h61,72-73,86-90H,9-60,62-71,74-85H2,1-8H3,(H,99,103)(H,100,104). The number of carbonyl (C=O) groups is 6. The van der Waals surface area contributed by atoms with Crippen LogP contribution in [-0.2, 0) is 38.1 Å². The minimum Gasteiger partial charge on any atom is -0.465 e. The van der Waals surface area contributed by atoms with Crippen LogP contribution in [0.2, 0.25) is 0 Å². The van der Waals surface area contributed by atoms with Gasteiger partial charge >= 0.3 is 23.9 Å². The number of nitrogens with one attached hydrogen (secondary N) is 2. The first-order valence-electron chi connectivity index (χ1n) is 48.7. The van der Waals surface area contributed by atoms with Crippen molar-refractivity contribution in [3.63, 3.8) is 0 Å². The SMILES string of the molecule is CCCCCCC(CCCC)C(=O)OCCCCCCCCCN(CCCCCCCCCOC(=O)C(CCCC)CCCCCC)CCCNC(=O)c1cccc(C(=O)NCCCN(CCCCCCCCCOC(=O)C(CCCC)CCCCCC)CCCCCCCCCOC(=O)C(CCCC)CCCCCC)c1. The van der Waals surface area contributed by atoms with E-state index in [1.807, 2.05) is 6.07 Å². The Labute approximate surface area is 691 Å². The summed E-state index contributed by atoms with van der Waals surface area (Å²) in [5.74, 6) is 0.0706. The van der Waals surface area contributed by atoms with Crippen molar-refractivity contribution in [2.45, 2.75) is 453 Å². The fourth-order valence-corrected chi connectivity index (χ4v) is 15.7. The second-order valence-electron chi connectivity index (χ2n) is 33.8. The van der Waals surface area contributed by atoms with E-state index in [-0.39, 0.29) is 59.4 Å². The molecule has 1 aromatic carbocycles. The molecule has 2 N–H and O–H groups in total. The van der Waals surface area contributed by atoms with Crippen molar-refractivity contribution in [1.82, 2.24) is 20.4 Å². The number of unbranched alkanes of at least 4 members (excludes halogenated alkanes) is 40. The average molecular weight is 1580 g/mol. The van der Waals surface area contributed by atoms with E-state index in [4.69, 9.17) is 18.9 Å².